The Morgan fingerprint density at radius 3 is 2.79 bits per heavy atom. The predicted octanol–water partition coefficient (Wildman–Crippen LogP) is -0.968. The Labute approximate surface area is 79.5 Å². The van der Waals surface area contributed by atoms with Crippen LogP contribution in [0.2, 0.25) is 0 Å². The van der Waals surface area contributed by atoms with Gasteiger partial charge >= 0.3 is 5.97 Å². The summed E-state index contributed by atoms with van der Waals surface area (Å²) in [6.07, 6.45) is 1.37. The van der Waals surface area contributed by atoms with Crippen LogP contribution >= 0.6 is 0 Å². The van der Waals surface area contributed by atoms with Gasteiger partial charge in [-0.1, -0.05) is 0 Å². The van der Waals surface area contributed by atoms with Crippen molar-refractivity contribution in [3.8, 4) is 0 Å². The van der Waals surface area contributed by atoms with Gasteiger partial charge in [-0.15, -0.1) is 0 Å². The van der Waals surface area contributed by atoms with Crippen molar-refractivity contribution in [3.63, 3.8) is 0 Å². The lowest BCUT2D eigenvalue weighted by Crippen LogP contribution is -2.24. The minimum atomic E-state index is -1.28. The maximum Gasteiger partial charge on any atom is 0.341 e. The minimum Gasteiger partial charge on any atom is -0.477 e. The van der Waals surface area contributed by atoms with Gasteiger partial charge in [0.2, 0.25) is 0 Å². The highest BCUT2D eigenvalue weighted by molar-refractivity contribution is 5.87. The van der Waals surface area contributed by atoms with Crippen molar-refractivity contribution in [2.24, 2.45) is 11.5 Å². The fourth-order valence-corrected chi connectivity index (χ4v) is 1.01. The molecule has 0 bridgehead atoms. The Bertz CT molecular complexity index is 399. The largest absolute Gasteiger partial charge is 0.477 e. The second kappa shape index (κ2) is 4.03. The topological polar surface area (TPSA) is 122 Å². The lowest BCUT2D eigenvalue weighted by atomic mass is 10.1. The van der Waals surface area contributed by atoms with E-state index in [0.29, 0.717) is 5.56 Å². The molecule has 0 radical (unpaired) electrons. The monoisotopic (exact) mass is 197 g/mol. The van der Waals surface area contributed by atoms with E-state index in [9.17, 15) is 9.59 Å². The molecule has 0 aromatic carbocycles. The molecule has 0 aliphatic rings. The van der Waals surface area contributed by atoms with Crippen molar-refractivity contribution >= 4 is 5.97 Å². The summed E-state index contributed by atoms with van der Waals surface area (Å²) in [5, 5.41) is 8.65. The average molecular weight is 197 g/mol. The molecule has 1 aromatic rings. The molecule has 0 aliphatic carbocycles. The molecule has 1 rings (SSSR count). The van der Waals surface area contributed by atoms with Crippen LogP contribution in [-0.2, 0) is 0 Å². The number of rotatable bonds is 3. The summed E-state index contributed by atoms with van der Waals surface area (Å²) in [5.74, 6) is -1.28. The highest BCUT2D eigenvalue weighted by Gasteiger charge is 2.11. The van der Waals surface area contributed by atoms with Gasteiger partial charge in [0.05, 0.1) is 0 Å². The van der Waals surface area contributed by atoms with Gasteiger partial charge in [-0.2, -0.15) is 0 Å². The summed E-state index contributed by atoms with van der Waals surface area (Å²) in [6, 6.07) is 0.767. The molecule has 1 heterocycles. The third-order valence-corrected chi connectivity index (χ3v) is 1.84. The van der Waals surface area contributed by atoms with E-state index in [0.717, 1.165) is 0 Å². The van der Waals surface area contributed by atoms with Crippen LogP contribution in [-0.4, -0.2) is 22.6 Å². The van der Waals surface area contributed by atoms with Crippen LogP contribution in [0, 0.1) is 0 Å². The number of aromatic amines is 1. The van der Waals surface area contributed by atoms with E-state index in [1.54, 1.807) is 0 Å². The Hall–Kier alpha value is -1.66. The van der Waals surface area contributed by atoms with Gasteiger partial charge in [-0.25, -0.2) is 4.79 Å². The predicted molar refractivity (Wildman–Crippen MR) is 50.0 cm³/mol. The normalized spacial score (nSPS) is 12.4. The Kier molecular flexibility index (Phi) is 3.00. The van der Waals surface area contributed by atoms with E-state index in [1.807, 2.05) is 0 Å². The lowest BCUT2D eigenvalue weighted by molar-refractivity contribution is 0.0695. The molecule has 6 heteroatoms. The number of aromatic carboxylic acids is 1. The maximum atomic E-state index is 11.0. The molecule has 14 heavy (non-hydrogen) atoms. The van der Waals surface area contributed by atoms with E-state index >= 15 is 0 Å². The van der Waals surface area contributed by atoms with Crippen LogP contribution in [0.4, 0.5) is 0 Å². The molecule has 6 nitrogen and oxygen atoms in total. The third kappa shape index (κ3) is 1.98. The van der Waals surface area contributed by atoms with Crippen molar-refractivity contribution in [3.05, 3.63) is 33.7 Å². The SMILES string of the molecule is NC[C@@H](N)c1c[nH]c(=O)c(C(=O)O)c1. The second-order valence-electron chi connectivity index (χ2n) is 2.82. The van der Waals surface area contributed by atoms with Crippen LogP contribution < -0.4 is 17.0 Å². The van der Waals surface area contributed by atoms with E-state index in [2.05, 4.69) is 4.98 Å². The number of carboxylic acids is 1. The van der Waals surface area contributed by atoms with Crippen LogP contribution in [0.5, 0.6) is 0 Å². The molecule has 0 saturated heterocycles. The quantitative estimate of drug-likeness (QED) is 0.496. The van der Waals surface area contributed by atoms with Crippen molar-refractivity contribution in [2.75, 3.05) is 6.54 Å². The van der Waals surface area contributed by atoms with Crippen LogP contribution in [0.25, 0.3) is 0 Å². The van der Waals surface area contributed by atoms with Gasteiger partial charge in [0.25, 0.3) is 5.56 Å². The first kappa shape index (κ1) is 10.4. The number of hydrogen-bond acceptors (Lipinski definition) is 4. The summed E-state index contributed by atoms with van der Waals surface area (Å²) in [6.45, 7) is 0.186. The number of hydrogen-bond donors (Lipinski definition) is 4. The Balaban J connectivity index is 3.19. The summed E-state index contributed by atoms with van der Waals surface area (Å²) in [5.41, 5.74) is 10.4. The smallest absolute Gasteiger partial charge is 0.341 e. The molecular formula is C8H11N3O3. The van der Waals surface area contributed by atoms with Crippen molar-refractivity contribution in [2.45, 2.75) is 6.04 Å². The standard InChI is InChI=1S/C8H11N3O3/c9-2-6(10)4-1-5(8(13)14)7(12)11-3-4/h1,3,6H,2,9-10H2,(H,11,12)(H,13,14)/t6-/m1/s1. The molecule has 76 valence electrons. The number of carbonyl (C=O) groups is 1. The molecule has 1 atom stereocenters. The van der Waals surface area contributed by atoms with E-state index in [4.69, 9.17) is 16.6 Å². The van der Waals surface area contributed by atoms with Crippen LogP contribution in [0.1, 0.15) is 22.0 Å². The zero-order chi connectivity index (χ0) is 10.7. The zero-order valence-electron chi connectivity index (χ0n) is 7.36. The second-order valence-corrected chi connectivity index (χ2v) is 2.82. The first-order valence-electron chi connectivity index (χ1n) is 3.98. The van der Waals surface area contributed by atoms with Crippen molar-refractivity contribution in [1.82, 2.24) is 4.98 Å². The van der Waals surface area contributed by atoms with E-state index < -0.39 is 17.6 Å². The van der Waals surface area contributed by atoms with E-state index in [1.165, 1.54) is 12.3 Å². The lowest BCUT2D eigenvalue weighted by Gasteiger charge is -2.08. The molecule has 6 N–H and O–H groups in total. The third-order valence-electron chi connectivity index (χ3n) is 1.84. The van der Waals surface area contributed by atoms with Crippen LogP contribution in [0.3, 0.4) is 0 Å². The van der Waals surface area contributed by atoms with Gasteiger partial charge in [0, 0.05) is 18.8 Å². The number of carboxylic acid groups (broad SMARTS) is 1. The summed E-state index contributed by atoms with van der Waals surface area (Å²) < 4.78 is 0. The van der Waals surface area contributed by atoms with Crippen molar-refractivity contribution in [1.29, 1.82) is 0 Å². The molecular weight excluding hydrogens is 186 g/mol. The molecule has 1 aromatic heterocycles. The minimum absolute atomic E-state index is 0.186. The molecule has 0 unspecified atom stereocenters. The first-order chi connectivity index (χ1) is 6.56. The average Bonchev–Trinajstić information content (AvgIpc) is 2.17. The molecule has 0 amide bonds. The molecule has 0 spiro atoms. The summed E-state index contributed by atoms with van der Waals surface area (Å²) >= 11 is 0. The van der Waals surface area contributed by atoms with Gasteiger partial charge in [0.1, 0.15) is 5.56 Å². The Morgan fingerprint density at radius 2 is 2.29 bits per heavy atom. The van der Waals surface area contributed by atoms with Crippen LogP contribution in [0.15, 0.2) is 17.1 Å². The number of nitrogens with one attached hydrogen (secondary N) is 1. The first-order valence-corrected chi connectivity index (χ1v) is 3.98. The number of H-pyrrole nitrogens is 1. The van der Waals surface area contributed by atoms with Gasteiger partial charge < -0.3 is 21.6 Å². The fraction of sp³-hybridized carbons (Fsp3) is 0.250. The summed E-state index contributed by atoms with van der Waals surface area (Å²) in [4.78, 5) is 23.9. The summed E-state index contributed by atoms with van der Waals surface area (Å²) in [7, 11) is 0. The molecule has 0 aliphatic heterocycles. The van der Waals surface area contributed by atoms with Crippen molar-refractivity contribution < 1.29 is 9.90 Å². The highest BCUT2D eigenvalue weighted by Crippen LogP contribution is 2.06. The number of nitrogens with two attached hydrogens (primary N) is 2. The van der Waals surface area contributed by atoms with Gasteiger partial charge in [0.15, 0.2) is 0 Å². The highest BCUT2D eigenvalue weighted by atomic mass is 16.4. The molecule has 0 saturated carbocycles. The van der Waals surface area contributed by atoms with Gasteiger partial charge in [-0.05, 0) is 11.6 Å². The number of aromatic nitrogens is 1. The fourth-order valence-electron chi connectivity index (χ4n) is 1.01. The van der Waals surface area contributed by atoms with Gasteiger partial charge in [-0.3, -0.25) is 4.79 Å². The number of pyridine rings is 1. The Morgan fingerprint density at radius 1 is 1.64 bits per heavy atom. The zero-order valence-corrected chi connectivity index (χ0v) is 7.36. The maximum absolute atomic E-state index is 11.0. The molecule has 0 fully saturated rings. The van der Waals surface area contributed by atoms with E-state index in [-0.39, 0.29) is 12.1 Å².